The summed E-state index contributed by atoms with van der Waals surface area (Å²) in [6.07, 6.45) is 8.76. The summed E-state index contributed by atoms with van der Waals surface area (Å²) in [4.78, 5) is 0. The van der Waals surface area contributed by atoms with E-state index in [-0.39, 0.29) is 0 Å². The Kier molecular flexibility index (Phi) is 12.5. The van der Waals surface area contributed by atoms with Crippen molar-refractivity contribution in [2.24, 2.45) is 0 Å². The minimum atomic E-state index is -2.10. The first-order valence-electron chi connectivity index (χ1n) is 9.69. The van der Waals surface area contributed by atoms with Crippen LogP contribution in [-0.2, 0) is 4.43 Å². The zero-order valence-corrected chi connectivity index (χ0v) is 20.4. The third-order valence-electron chi connectivity index (χ3n) is 4.46. The Morgan fingerprint density at radius 1 is 0.864 bits per heavy atom. The molecule has 0 N–H and O–H groups in total. The van der Waals surface area contributed by atoms with E-state index in [4.69, 9.17) is 4.43 Å². The van der Waals surface area contributed by atoms with Crippen molar-refractivity contribution in [3.05, 3.63) is 9.79 Å². The summed E-state index contributed by atoms with van der Waals surface area (Å²) in [5, 5.41) is 0. The van der Waals surface area contributed by atoms with Crippen LogP contribution in [0.25, 0.3) is 0 Å². The topological polar surface area (TPSA) is 9.23 Å². The van der Waals surface area contributed by atoms with E-state index >= 15 is 0 Å². The second-order valence-electron chi connectivity index (χ2n) is 7.78. The van der Waals surface area contributed by atoms with Crippen LogP contribution in [0.2, 0.25) is 26.4 Å². The Labute approximate surface area is 146 Å². The van der Waals surface area contributed by atoms with E-state index in [9.17, 15) is 0 Å². The summed E-state index contributed by atoms with van der Waals surface area (Å²) in [7, 11) is -1.62. The summed E-state index contributed by atoms with van der Waals surface area (Å²) in [6.45, 7) is 16.1. The van der Waals surface area contributed by atoms with Crippen LogP contribution in [0.1, 0.15) is 73.1 Å². The van der Waals surface area contributed by atoms with E-state index in [1.54, 1.807) is 13.3 Å². The van der Waals surface area contributed by atoms with Gasteiger partial charge in [0.15, 0.2) is 0 Å². The summed E-state index contributed by atoms with van der Waals surface area (Å²) in [5.41, 5.74) is 2.57. The van der Waals surface area contributed by atoms with Gasteiger partial charge < -0.3 is 0 Å². The quantitative estimate of drug-likeness (QED) is 0.282. The first-order valence-corrected chi connectivity index (χ1v) is 20.4. The molecule has 0 heterocycles. The average molecular weight is 433 g/mol. The summed E-state index contributed by atoms with van der Waals surface area (Å²) < 4.78 is 13.7. The van der Waals surface area contributed by atoms with Crippen LogP contribution in [0.3, 0.4) is 0 Å². The van der Waals surface area contributed by atoms with Crippen molar-refractivity contribution >= 4 is 26.7 Å². The predicted molar refractivity (Wildman–Crippen MR) is 108 cm³/mol. The van der Waals surface area contributed by atoms with Crippen LogP contribution in [-0.4, -0.2) is 32.8 Å². The molecule has 0 aliphatic carbocycles. The molecule has 22 heavy (non-hydrogen) atoms. The van der Waals surface area contributed by atoms with Crippen molar-refractivity contribution < 1.29 is 4.43 Å². The van der Waals surface area contributed by atoms with Gasteiger partial charge in [-0.2, -0.15) is 0 Å². The Morgan fingerprint density at radius 2 is 1.27 bits per heavy atom. The third-order valence-corrected chi connectivity index (χ3v) is 21.5. The molecular formula is C19H42OSiSn. The second kappa shape index (κ2) is 12.1. The van der Waals surface area contributed by atoms with Gasteiger partial charge in [0, 0.05) is 0 Å². The van der Waals surface area contributed by atoms with Crippen molar-refractivity contribution in [1.29, 1.82) is 0 Å². The molecule has 0 aromatic rings. The van der Waals surface area contributed by atoms with Crippen molar-refractivity contribution in [3.63, 3.8) is 0 Å². The molecule has 0 bridgehead atoms. The molecular weight excluding hydrogens is 391 g/mol. The Bertz CT molecular complexity index is 278. The number of hydrogen-bond acceptors (Lipinski definition) is 1. The van der Waals surface area contributed by atoms with E-state index < -0.39 is 26.7 Å². The molecule has 0 rings (SSSR count). The monoisotopic (exact) mass is 434 g/mol. The fourth-order valence-electron chi connectivity index (χ4n) is 3.24. The molecule has 132 valence electrons. The van der Waals surface area contributed by atoms with Crippen LogP contribution >= 0.6 is 0 Å². The van der Waals surface area contributed by atoms with E-state index in [0.29, 0.717) is 6.10 Å². The van der Waals surface area contributed by atoms with E-state index in [2.05, 4.69) is 57.5 Å². The Hall–Kier alpha value is 0.716. The molecule has 0 aromatic carbocycles. The molecule has 0 spiro atoms. The summed E-state index contributed by atoms with van der Waals surface area (Å²) in [6, 6.07) is 0. The SMILES string of the molecule is CCC[CH2][Sn](/[CH]=C\[Si](C)(C)OC(C)C)([CH2]CCC)[CH2]CCC. The molecule has 0 fully saturated rings. The summed E-state index contributed by atoms with van der Waals surface area (Å²) in [5.74, 6) is 0. The molecule has 1 nitrogen and oxygen atoms in total. The molecule has 0 amide bonds. The molecule has 0 radical (unpaired) electrons. The second-order valence-corrected chi connectivity index (χ2v) is 24.6. The molecule has 0 atom stereocenters. The molecule has 0 saturated heterocycles. The van der Waals surface area contributed by atoms with Crippen LogP contribution in [0.5, 0.6) is 0 Å². The standard InChI is InChI=1S/C7H15OSi.3C4H9.Sn/c1-6-9(4,5)8-7(2)3;3*1-3-4-2;/h1,6-7H,2-5H3;3*1,3-4H2,2H3;. The Morgan fingerprint density at radius 3 is 1.59 bits per heavy atom. The first-order chi connectivity index (χ1) is 10.3. The van der Waals surface area contributed by atoms with Gasteiger partial charge in [-0.1, -0.05) is 0 Å². The van der Waals surface area contributed by atoms with Gasteiger partial charge in [0.1, 0.15) is 0 Å². The molecule has 0 aliphatic rings. The average Bonchev–Trinajstić information content (AvgIpc) is 2.44. The van der Waals surface area contributed by atoms with E-state index in [1.165, 1.54) is 38.5 Å². The van der Waals surface area contributed by atoms with Gasteiger partial charge >= 0.3 is 147 Å². The molecule has 3 heteroatoms. The fraction of sp³-hybridized carbons (Fsp3) is 0.895. The van der Waals surface area contributed by atoms with Gasteiger partial charge in [0.25, 0.3) is 0 Å². The fourth-order valence-corrected chi connectivity index (χ4v) is 24.4. The van der Waals surface area contributed by atoms with Gasteiger partial charge in [-0.3, -0.25) is 0 Å². The van der Waals surface area contributed by atoms with Crippen molar-refractivity contribution in [3.8, 4) is 0 Å². The predicted octanol–water partition coefficient (Wildman–Crippen LogP) is 7.10. The first kappa shape index (κ1) is 22.7. The van der Waals surface area contributed by atoms with Crippen LogP contribution in [0.4, 0.5) is 0 Å². The molecule has 0 aliphatic heterocycles. The number of rotatable bonds is 13. The van der Waals surface area contributed by atoms with Crippen LogP contribution < -0.4 is 0 Å². The van der Waals surface area contributed by atoms with Crippen LogP contribution in [0, 0.1) is 0 Å². The third kappa shape index (κ3) is 10.5. The molecule has 0 saturated carbocycles. The maximum absolute atomic E-state index is 6.23. The molecule has 0 unspecified atom stereocenters. The number of hydrogen-bond donors (Lipinski definition) is 0. The van der Waals surface area contributed by atoms with Crippen molar-refractivity contribution in [2.75, 3.05) is 0 Å². The van der Waals surface area contributed by atoms with Gasteiger partial charge in [-0.05, 0) is 0 Å². The summed E-state index contributed by atoms with van der Waals surface area (Å²) >= 11 is -2.10. The zero-order chi connectivity index (χ0) is 17.1. The number of unbranched alkanes of at least 4 members (excludes halogenated alkanes) is 3. The van der Waals surface area contributed by atoms with E-state index in [1.807, 2.05) is 0 Å². The van der Waals surface area contributed by atoms with Gasteiger partial charge in [-0.25, -0.2) is 0 Å². The maximum atomic E-state index is 6.23. The van der Waals surface area contributed by atoms with Crippen molar-refractivity contribution in [1.82, 2.24) is 0 Å². The normalized spacial score (nSPS) is 13.5. The van der Waals surface area contributed by atoms with E-state index in [0.717, 1.165) is 0 Å². The van der Waals surface area contributed by atoms with Gasteiger partial charge in [-0.15, -0.1) is 0 Å². The molecule has 0 aromatic heterocycles. The van der Waals surface area contributed by atoms with Gasteiger partial charge in [0.05, 0.1) is 0 Å². The van der Waals surface area contributed by atoms with Gasteiger partial charge in [0.2, 0.25) is 0 Å². The van der Waals surface area contributed by atoms with Crippen molar-refractivity contribution in [2.45, 2.75) is 106 Å². The zero-order valence-electron chi connectivity index (χ0n) is 16.5. The Balaban J connectivity index is 5.12. The van der Waals surface area contributed by atoms with Crippen LogP contribution in [0.15, 0.2) is 9.79 Å². The minimum absolute atomic E-state index is 0.359.